The maximum atomic E-state index is 15.6. The van der Waals surface area contributed by atoms with Crippen molar-refractivity contribution in [3.8, 4) is 0 Å². The van der Waals surface area contributed by atoms with Gasteiger partial charge in [0, 0.05) is 49.1 Å². The van der Waals surface area contributed by atoms with Crippen LogP contribution in [0.4, 0.5) is 27.6 Å². The maximum absolute atomic E-state index is 15.6. The molecule has 1 aliphatic carbocycles. The second-order valence-electron chi connectivity index (χ2n) is 11.9. The van der Waals surface area contributed by atoms with E-state index in [0.29, 0.717) is 4.90 Å². The summed E-state index contributed by atoms with van der Waals surface area (Å²) in [7, 11) is 0. The van der Waals surface area contributed by atoms with E-state index in [1.165, 1.54) is 24.4 Å². The summed E-state index contributed by atoms with van der Waals surface area (Å²) in [6.45, 7) is 5.75. The Balaban J connectivity index is 1.91. The number of halogens is 5. The molecule has 1 unspecified atom stereocenters. The fourth-order valence-electron chi connectivity index (χ4n) is 5.49. The fraction of sp³-hybridized carbons (Fsp3) is 0.552. The Morgan fingerprint density at radius 1 is 1.05 bits per heavy atom. The van der Waals surface area contributed by atoms with Crippen molar-refractivity contribution < 1.29 is 36.6 Å². The molecule has 1 saturated heterocycles. The number of hydrogen-bond donors (Lipinski definition) is 3. The third-order valence-electron chi connectivity index (χ3n) is 7.82. The highest BCUT2D eigenvalue weighted by molar-refractivity contribution is 6.07. The van der Waals surface area contributed by atoms with Gasteiger partial charge in [-0.2, -0.15) is 13.2 Å². The number of nitrogens with zero attached hydrogens (tertiary/aromatic N) is 2. The highest BCUT2D eigenvalue weighted by atomic mass is 19.4. The minimum atomic E-state index is -5.38. The molecular weight excluding hydrogens is 547 g/mol. The molecule has 0 spiro atoms. The predicted molar refractivity (Wildman–Crippen MR) is 142 cm³/mol. The van der Waals surface area contributed by atoms with E-state index in [0.717, 1.165) is 17.8 Å². The molecule has 224 valence electrons. The molecule has 7 nitrogen and oxygen atoms in total. The van der Waals surface area contributed by atoms with Gasteiger partial charge in [0.1, 0.15) is 0 Å². The number of β-amino-alcohol motifs (C(OH)–C–C–N with tert-alkyl or cyclic N) is 1. The Hall–Kier alpha value is -3.12. The number of benzene rings is 1. The molecule has 1 saturated carbocycles. The number of carbonyl (C=O) groups is 2. The van der Waals surface area contributed by atoms with Crippen LogP contribution in [0, 0.1) is 0 Å². The van der Waals surface area contributed by atoms with Gasteiger partial charge in [-0.25, -0.2) is 8.78 Å². The van der Waals surface area contributed by atoms with Crippen molar-refractivity contribution in [1.82, 2.24) is 15.6 Å². The topological polar surface area (TPSA) is 94.6 Å². The SMILES string of the molecule is CC(C)(C)c1ccc(N(C(=O)[C@H]2C[C@@H](O)CN2)C(C(=O)NC2CCC(F)(F)CC2)(c2cccnc2)C(F)(F)F)cc1. The fourth-order valence-corrected chi connectivity index (χ4v) is 5.49. The van der Waals surface area contributed by atoms with Gasteiger partial charge in [-0.05, 0) is 48.4 Å². The number of rotatable bonds is 6. The molecule has 1 aromatic heterocycles. The number of carbonyl (C=O) groups excluding carboxylic acids is 2. The Morgan fingerprint density at radius 3 is 2.17 bits per heavy atom. The molecule has 1 aliphatic heterocycles. The van der Waals surface area contributed by atoms with Crippen molar-refractivity contribution in [2.45, 2.75) is 94.1 Å². The van der Waals surface area contributed by atoms with Gasteiger partial charge >= 0.3 is 6.18 Å². The van der Waals surface area contributed by atoms with Crippen molar-refractivity contribution in [1.29, 1.82) is 0 Å². The van der Waals surface area contributed by atoms with E-state index in [4.69, 9.17) is 0 Å². The van der Waals surface area contributed by atoms with Crippen molar-refractivity contribution >= 4 is 17.5 Å². The summed E-state index contributed by atoms with van der Waals surface area (Å²) in [4.78, 5) is 32.4. The minimum absolute atomic E-state index is 0.0123. The molecule has 2 amide bonds. The number of hydrogen-bond acceptors (Lipinski definition) is 5. The second kappa shape index (κ2) is 11.3. The van der Waals surface area contributed by atoms with E-state index in [-0.39, 0.29) is 36.9 Å². The average Bonchev–Trinajstić information content (AvgIpc) is 3.33. The summed E-state index contributed by atoms with van der Waals surface area (Å²) in [5.41, 5.74) is -3.98. The van der Waals surface area contributed by atoms with Gasteiger partial charge in [-0.1, -0.05) is 39.0 Å². The summed E-state index contributed by atoms with van der Waals surface area (Å²) in [5, 5.41) is 15.2. The zero-order valence-corrected chi connectivity index (χ0v) is 23.1. The monoisotopic (exact) mass is 582 g/mol. The molecule has 2 aliphatic rings. The van der Waals surface area contributed by atoms with E-state index in [9.17, 15) is 23.5 Å². The number of amides is 2. The molecule has 12 heteroatoms. The quantitative estimate of drug-likeness (QED) is 0.434. The molecule has 41 heavy (non-hydrogen) atoms. The highest BCUT2D eigenvalue weighted by Gasteiger charge is 2.68. The van der Waals surface area contributed by atoms with Gasteiger partial charge in [0.2, 0.25) is 17.4 Å². The van der Waals surface area contributed by atoms with E-state index < -0.39 is 66.0 Å². The van der Waals surface area contributed by atoms with Crippen LogP contribution in [0.1, 0.15) is 64.0 Å². The first-order valence-corrected chi connectivity index (χ1v) is 13.6. The Morgan fingerprint density at radius 2 is 1.68 bits per heavy atom. The average molecular weight is 583 g/mol. The Bertz CT molecular complexity index is 1220. The largest absolute Gasteiger partial charge is 0.425 e. The van der Waals surface area contributed by atoms with E-state index in [2.05, 4.69) is 15.6 Å². The first kappa shape index (κ1) is 30.8. The number of anilines is 1. The number of pyridine rings is 1. The van der Waals surface area contributed by atoms with Crippen molar-refractivity contribution in [3.63, 3.8) is 0 Å². The molecule has 1 aromatic carbocycles. The number of aliphatic hydroxyl groups excluding tert-OH is 1. The van der Waals surface area contributed by atoms with E-state index >= 15 is 13.2 Å². The van der Waals surface area contributed by atoms with Crippen LogP contribution in [-0.2, 0) is 20.5 Å². The summed E-state index contributed by atoms with van der Waals surface area (Å²) >= 11 is 0. The first-order valence-electron chi connectivity index (χ1n) is 13.6. The number of nitrogens with one attached hydrogen (secondary N) is 2. The molecule has 0 radical (unpaired) electrons. The standard InChI is InChI=1S/C29H35F5N4O3/c1-26(2,3)18-6-8-21(9-7-18)38(24(40)23-15-22(39)17-36-23)28(29(32,33)34,19-5-4-14-35-16-19)25(41)37-20-10-12-27(30,31)13-11-20/h4-9,14,16,20,22-23,36,39H,10-13,15,17H2,1-3H3,(H,37,41)/t22-,23-,28?/m1/s1. The van der Waals surface area contributed by atoms with E-state index in [1.54, 1.807) is 12.1 Å². The van der Waals surface area contributed by atoms with Gasteiger partial charge in [-0.15, -0.1) is 0 Å². The molecule has 4 rings (SSSR count). The molecule has 3 atom stereocenters. The Kier molecular flexibility index (Phi) is 8.48. The number of aliphatic hydroxyl groups is 1. The molecule has 2 heterocycles. The third kappa shape index (κ3) is 6.23. The smallest absolute Gasteiger partial charge is 0.392 e. The zero-order chi connectivity index (χ0) is 30.2. The normalized spacial score (nSPS) is 23.0. The summed E-state index contributed by atoms with van der Waals surface area (Å²) < 4.78 is 74.5. The summed E-state index contributed by atoms with van der Waals surface area (Å²) in [5.74, 6) is -5.60. The van der Waals surface area contributed by atoms with Crippen molar-refractivity contribution in [3.05, 3.63) is 59.9 Å². The molecule has 2 fully saturated rings. The summed E-state index contributed by atoms with van der Waals surface area (Å²) in [6, 6.07) is 6.03. The van der Waals surface area contributed by atoms with Crippen LogP contribution in [0.15, 0.2) is 48.8 Å². The van der Waals surface area contributed by atoms with Crippen LogP contribution >= 0.6 is 0 Å². The lowest BCUT2D eigenvalue weighted by Gasteiger charge is -2.45. The molecule has 3 N–H and O–H groups in total. The predicted octanol–water partition coefficient (Wildman–Crippen LogP) is 4.59. The highest BCUT2D eigenvalue weighted by Crippen LogP contribution is 2.47. The Labute approximate surface area is 235 Å². The lowest BCUT2D eigenvalue weighted by Crippen LogP contribution is -2.69. The van der Waals surface area contributed by atoms with Crippen LogP contribution in [0.5, 0.6) is 0 Å². The summed E-state index contributed by atoms with van der Waals surface area (Å²) in [6.07, 6.45) is -5.98. The van der Waals surface area contributed by atoms with E-state index in [1.807, 2.05) is 20.8 Å². The van der Waals surface area contributed by atoms with Gasteiger partial charge in [0.05, 0.1) is 12.1 Å². The van der Waals surface area contributed by atoms with Gasteiger partial charge in [0.25, 0.3) is 5.91 Å². The van der Waals surface area contributed by atoms with Crippen LogP contribution in [0.2, 0.25) is 0 Å². The molecule has 2 aromatic rings. The van der Waals surface area contributed by atoms with Gasteiger partial charge in [-0.3, -0.25) is 19.5 Å². The zero-order valence-electron chi connectivity index (χ0n) is 23.1. The van der Waals surface area contributed by atoms with Crippen LogP contribution in [0.3, 0.4) is 0 Å². The maximum Gasteiger partial charge on any atom is 0.425 e. The van der Waals surface area contributed by atoms with Crippen molar-refractivity contribution in [2.75, 3.05) is 11.4 Å². The molecule has 0 bridgehead atoms. The lowest BCUT2D eigenvalue weighted by molar-refractivity contribution is -0.198. The van der Waals surface area contributed by atoms with Gasteiger partial charge < -0.3 is 15.7 Å². The lowest BCUT2D eigenvalue weighted by atomic mass is 9.83. The number of aromatic nitrogens is 1. The second-order valence-corrected chi connectivity index (χ2v) is 11.9. The number of alkyl halides is 5. The minimum Gasteiger partial charge on any atom is -0.392 e. The first-order chi connectivity index (χ1) is 19.1. The van der Waals surface area contributed by atoms with Crippen LogP contribution < -0.4 is 15.5 Å². The van der Waals surface area contributed by atoms with Gasteiger partial charge in [0.15, 0.2) is 0 Å². The van der Waals surface area contributed by atoms with Crippen molar-refractivity contribution in [2.24, 2.45) is 0 Å². The van der Waals surface area contributed by atoms with Crippen LogP contribution in [0.25, 0.3) is 0 Å². The van der Waals surface area contributed by atoms with Crippen LogP contribution in [-0.4, -0.2) is 58.7 Å². The molecular formula is C29H35F5N4O3. The third-order valence-corrected chi connectivity index (χ3v) is 7.82.